The van der Waals surface area contributed by atoms with Gasteiger partial charge in [-0.25, -0.2) is 9.69 Å². The third kappa shape index (κ3) is 4.71. The van der Waals surface area contributed by atoms with Gasteiger partial charge in [0.05, 0.1) is 5.69 Å². The lowest BCUT2D eigenvalue weighted by Crippen LogP contribution is -2.54. The molecule has 0 spiro atoms. The average Bonchev–Trinajstić information content (AvgIpc) is 2.88. The number of hydrogen-bond acceptors (Lipinski definition) is 4. The van der Waals surface area contributed by atoms with Gasteiger partial charge in [0.15, 0.2) is 0 Å². The summed E-state index contributed by atoms with van der Waals surface area (Å²) in [5.74, 6) is -0.997. The molecular formula is C30H23ClN2O4. The number of hydrogen-bond donors (Lipinski definition) is 1. The van der Waals surface area contributed by atoms with Gasteiger partial charge in [0.2, 0.25) is 0 Å². The second-order valence-electron chi connectivity index (χ2n) is 8.81. The molecule has 0 radical (unpaired) electrons. The van der Waals surface area contributed by atoms with Crippen molar-refractivity contribution < 1.29 is 19.1 Å². The van der Waals surface area contributed by atoms with Crippen molar-refractivity contribution in [2.24, 2.45) is 0 Å². The van der Waals surface area contributed by atoms with E-state index in [2.05, 4.69) is 5.32 Å². The molecule has 6 nitrogen and oxygen atoms in total. The van der Waals surface area contributed by atoms with Gasteiger partial charge in [-0.05, 0) is 66.1 Å². The van der Waals surface area contributed by atoms with Gasteiger partial charge in [-0.1, -0.05) is 66.2 Å². The molecule has 1 fully saturated rings. The number of carbonyl (C=O) groups is 3. The van der Waals surface area contributed by atoms with Crippen LogP contribution in [0, 0.1) is 13.8 Å². The molecule has 1 N–H and O–H groups in total. The third-order valence-electron chi connectivity index (χ3n) is 6.41. The number of urea groups is 1. The third-order valence-corrected chi connectivity index (χ3v) is 6.78. The van der Waals surface area contributed by atoms with Crippen molar-refractivity contribution >= 4 is 52.0 Å². The van der Waals surface area contributed by atoms with Crippen LogP contribution in [0.5, 0.6) is 5.75 Å². The van der Waals surface area contributed by atoms with Crippen molar-refractivity contribution in [1.29, 1.82) is 0 Å². The lowest BCUT2D eigenvalue weighted by Gasteiger charge is -2.27. The molecule has 0 aliphatic carbocycles. The number of carbonyl (C=O) groups excluding carboxylic acids is 3. The lowest BCUT2D eigenvalue weighted by molar-refractivity contribution is -0.122. The van der Waals surface area contributed by atoms with Crippen LogP contribution in [0.25, 0.3) is 16.8 Å². The summed E-state index contributed by atoms with van der Waals surface area (Å²) in [5, 5.41) is 4.57. The molecule has 4 aromatic rings. The molecule has 1 aliphatic heterocycles. The summed E-state index contributed by atoms with van der Waals surface area (Å²) in [6, 6.07) is 23.1. The number of benzene rings is 4. The van der Waals surface area contributed by atoms with E-state index in [9.17, 15) is 14.4 Å². The number of imide groups is 2. The van der Waals surface area contributed by atoms with Crippen LogP contribution in [0.1, 0.15) is 22.3 Å². The van der Waals surface area contributed by atoms with Crippen molar-refractivity contribution in [2.45, 2.75) is 20.5 Å². The Morgan fingerprint density at radius 1 is 0.892 bits per heavy atom. The zero-order valence-corrected chi connectivity index (χ0v) is 21.0. The molecule has 1 saturated heterocycles. The predicted octanol–water partition coefficient (Wildman–Crippen LogP) is 6.36. The number of halogens is 1. The van der Waals surface area contributed by atoms with E-state index in [4.69, 9.17) is 16.3 Å². The number of rotatable bonds is 5. The summed E-state index contributed by atoms with van der Waals surface area (Å²) in [6.45, 7) is 4.03. The molecule has 4 amide bonds. The summed E-state index contributed by atoms with van der Waals surface area (Å²) >= 11 is 6.30. The Kier molecular flexibility index (Phi) is 6.51. The van der Waals surface area contributed by atoms with Crippen molar-refractivity contribution in [3.8, 4) is 5.75 Å². The maximum absolute atomic E-state index is 13.5. The molecule has 1 heterocycles. The second-order valence-corrected chi connectivity index (χ2v) is 9.21. The maximum Gasteiger partial charge on any atom is 0.335 e. The lowest BCUT2D eigenvalue weighted by atomic mass is 9.99. The van der Waals surface area contributed by atoms with Crippen LogP contribution in [0.4, 0.5) is 10.5 Å². The van der Waals surface area contributed by atoms with E-state index in [1.807, 2.05) is 68.4 Å². The first-order valence-corrected chi connectivity index (χ1v) is 12.1. The Morgan fingerprint density at radius 2 is 1.65 bits per heavy atom. The number of fused-ring (bicyclic) bond motifs is 1. The molecule has 184 valence electrons. The van der Waals surface area contributed by atoms with Crippen LogP contribution in [0.3, 0.4) is 0 Å². The molecule has 0 saturated carbocycles. The van der Waals surface area contributed by atoms with E-state index in [0.717, 1.165) is 32.4 Å². The Labute approximate surface area is 219 Å². The Morgan fingerprint density at radius 3 is 2.43 bits per heavy atom. The summed E-state index contributed by atoms with van der Waals surface area (Å²) in [4.78, 5) is 40.1. The average molecular weight is 511 g/mol. The zero-order valence-electron chi connectivity index (χ0n) is 20.2. The second kappa shape index (κ2) is 9.91. The van der Waals surface area contributed by atoms with Crippen LogP contribution in [-0.2, 0) is 16.2 Å². The molecule has 4 aromatic carbocycles. The molecular weight excluding hydrogens is 488 g/mol. The topological polar surface area (TPSA) is 75.7 Å². The monoisotopic (exact) mass is 510 g/mol. The van der Waals surface area contributed by atoms with E-state index in [0.29, 0.717) is 22.0 Å². The van der Waals surface area contributed by atoms with E-state index in [1.165, 1.54) is 6.08 Å². The summed E-state index contributed by atoms with van der Waals surface area (Å²) in [6.07, 6.45) is 1.49. The molecule has 5 rings (SSSR count). The summed E-state index contributed by atoms with van der Waals surface area (Å²) in [7, 11) is 0. The Bertz CT molecular complexity index is 1610. The quantitative estimate of drug-likeness (QED) is 0.250. The molecule has 7 heteroatoms. The maximum atomic E-state index is 13.5. The number of anilines is 1. The van der Waals surface area contributed by atoms with Gasteiger partial charge >= 0.3 is 6.03 Å². The Hall–Kier alpha value is -4.42. The molecule has 37 heavy (non-hydrogen) atoms. The van der Waals surface area contributed by atoms with E-state index >= 15 is 0 Å². The number of barbiturate groups is 1. The number of aryl methyl sites for hydroxylation is 2. The molecule has 0 bridgehead atoms. The smallest absolute Gasteiger partial charge is 0.335 e. The first-order valence-electron chi connectivity index (χ1n) is 11.7. The van der Waals surface area contributed by atoms with E-state index < -0.39 is 17.8 Å². The van der Waals surface area contributed by atoms with Gasteiger partial charge in [-0.15, -0.1) is 0 Å². The van der Waals surface area contributed by atoms with Crippen LogP contribution < -0.4 is 15.0 Å². The predicted molar refractivity (Wildman–Crippen MR) is 145 cm³/mol. The van der Waals surface area contributed by atoms with Crippen molar-refractivity contribution in [1.82, 2.24) is 5.32 Å². The van der Waals surface area contributed by atoms with Crippen LogP contribution >= 0.6 is 11.6 Å². The van der Waals surface area contributed by atoms with Gasteiger partial charge in [-0.3, -0.25) is 14.9 Å². The molecule has 1 aliphatic rings. The van der Waals surface area contributed by atoms with Gasteiger partial charge in [0, 0.05) is 16.1 Å². The SMILES string of the molecule is Cc1ccc(N2C(=O)NC(=O)/C(=C\c3c(OCc4ccccc4Cl)ccc4ccccc34)C2=O)cc1C. The minimum absolute atomic E-state index is 0.170. The number of amides is 4. The highest BCUT2D eigenvalue weighted by Crippen LogP contribution is 2.33. The number of nitrogens with one attached hydrogen (secondary N) is 1. The largest absolute Gasteiger partial charge is 0.488 e. The number of ether oxygens (including phenoxy) is 1. The normalized spacial score (nSPS) is 14.8. The van der Waals surface area contributed by atoms with Crippen molar-refractivity contribution in [3.63, 3.8) is 0 Å². The highest BCUT2D eigenvalue weighted by Gasteiger charge is 2.37. The zero-order chi connectivity index (χ0) is 26.1. The van der Waals surface area contributed by atoms with Gasteiger partial charge in [-0.2, -0.15) is 0 Å². The molecule has 0 atom stereocenters. The van der Waals surface area contributed by atoms with Crippen molar-refractivity contribution in [2.75, 3.05) is 4.90 Å². The van der Waals surface area contributed by atoms with Crippen LogP contribution in [0.2, 0.25) is 5.02 Å². The van der Waals surface area contributed by atoms with Crippen LogP contribution in [-0.4, -0.2) is 17.8 Å². The minimum atomic E-state index is -0.788. The highest BCUT2D eigenvalue weighted by atomic mass is 35.5. The fraction of sp³-hybridized carbons (Fsp3) is 0.100. The highest BCUT2D eigenvalue weighted by molar-refractivity contribution is 6.39. The van der Waals surface area contributed by atoms with E-state index in [1.54, 1.807) is 24.3 Å². The van der Waals surface area contributed by atoms with Gasteiger partial charge < -0.3 is 4.74 Å². The standard InChI is InChI=1S/C30H23ClN2O4/c1-18-11-13-22(15-19(18)2)33-29(35)25(28(34)32-30(33)36)16-24-23-9-5-3-7-20(23)12-14-27(24)37-17-21-8-4-6-10-26(21)31/h3-16H,17H2,1-2H3,(H,32,34,36)/b25-16+. The Balaban J connectivity index is 1.59. The van der Waals surface area contributed by atoms with Crippen LogP contribution in [0.15, 0.2) is 84.4 Å². The molecule has 0 unspecified atom stereocenters. The summed E-state index contributed by atoms with van der Waals surface area (Å²) in [5.41, 5.74) is 3.52. The fourth-order valence-corrected chi connectivity index (χ4v) is 4.41. The minimum Gasteiger partial charge on any atom is -0.488 e. The van der Waals surface area contributed by atoms with E-state index in [-0.39, 0.29) is 12.2 Å². The molecule has 0 aromatic heterocycles. The first-order chi connectivity index (χ1) is 17.8. The van der Waals surface area contributed by atoms with Gasteiger partial charge in [0.1, 0.15) is 17.9 Å². The van der Waals surface area contributed by atoms with Crippen molar-refractivity contribution in [3.05, 3.63) is 112 Å². The fourth-order valence-electron chi connectivity index (χ4n) is 4.22. The summed E-state index contributed by atoms with van der Waals surface area (Å²) < 4.78 is 6.13. The van der Waals surface area contributed by atoms with Gasteiger partial charge in [0.25, 0.3) is 11.8 Å². The number of nitrogens with zero attached hydrogens (tertiary/aromatic N) is 1. The first kappa shape index (κ1) is 24.3.